The molecule has 0 fully saturated rings. The van der Waals surface area contributed by atoms with Crippen LogP contribution < -0.4 is 5.73 Å². The van der Waals surface area contributed by atoms with E-state index in [0.717, 1.165) is 24.8 Å². The van der Waals surface area contributed by atoms with Gasteiger partial charge in [0.1, 0.15) is 5.75 Å². The molecule has 78 valence electrons. The summed E-state index contributed by atoms with van der Waals surface area (Å²) in [7, 11) is 0. The predicted molar refractivity (Wildman–Crippen MR) is 57.0 cm³/mol. The summed E-state index contributed by atoms with van der Waals surface area (Å²) in [6.45, 7) is 2.08. The van der Waals surface area contributed by atoms with Crippen molar-refractivity contribution in [2.45, 2.75) is 32.3 Å². The summed E-state index contributed by atoms with van der Waals surface area (Å²) in [5, 5.41) is 18.9. The zero-order valence-corrected chi connectivity index (χ0v) is 8.40. The Hall–Kier alpha value is -1.22. The topological polar surface area (TPSA) is 66.5 Å². The number of unbranched alkanes of at least 4 members (excludes halogenated alkanes) is 1. The highest BCUT2D eigenvalue weighted by Gasteiger charge is 2.08. The van der Waals surface area contributed by atoms with Crippen LogP contribution in [-0.4, -0.2) is 10.2 Å². The second-order valence-electron chi connectivity index (χ2n) is 3.48. The lowest BCUT2D eigenvalue weighted by Gasteiger charge is -2.11. The molecule has 4 N–H and O–H groups in total. The van der Waals surface area contributed by atoms with Gasteiger partial charge in [0.2, 0.25) is 0 Å². The molecule has 0 aliphatic rings. The molecule has 0 radical (unpaired) electrons. The zero-order chi connectivity index (χ0) is 10.6. The lowest BCUT2D eigenvalue weighted by Crippen LogP contribution is -1.98. The van der Waals surface area contributed by atoms with E-state index in [1.807, 2.05) is 0 Å². The van der Waals surface area contributed by atoms with Crippen molar-refractivity contribution in [1.29, 1.82) is 0 Å². The van der Waals surface area contributed by atoms with Crippen LogP contribution in [0.2, 0.25) is 0 Å². The van der Waals surface area contributed by atoms with Crippen molar-refractivity contribution in [2.24, 2.45) is 0 Å². The van der Waals surface area contributed by atoms with Crippen molar-refractivity contribution >= 4 is 5.69 Å². The molecule has 0 saturated carbocycles. The van der Waals surface area contributed by atoms with Gasteiger partial charge >= 0.3 is 0 Å². The Morgan fingerprint density at radius 3 is 2.71 bits per heavy atom. The van der Waals surface area contributed by atoms with Crippen LogP contribution in [0.4, 0.5) is 5.69 Å². The average Bonchev–Trinajstić information content (AvgIpc) is 2.18. The number of hydrogen-bond acceptors (Lipinski definition) is 3. The molecule has 1 unspecified atom stereocenters. The number of nitrogens with two attached hydrogens (primary N) is 1. The molecule has 3 heteroatoms. The fourth-order valence-corrected chi connectivity index (χ4v) is 1.34. The molecule has 1 atom stereocenters. The molecular formula is C11H17NO2. The van der Waals surface area contributed by atoms with E-state index in [1.165, 1.54) is 6.07 Å². The summed E-state index contributed by atoms with van der Waals surface area (Å²) in [4.78, 5) is 0. The van der Waals surface area contributed by atoms with Crippen LogP contribution in [0.5, 0.6) is 5.75 Å². The molecule has 0 spiro atoms. The van der Waals surface area contributed by atoms with Gasteiger partial charge in [-0.3, -0.25) is 0 Å². The minimum atomic E-state index is -0.474. The second-order valence-corrected chi connectivity index (χ2v) is 3.48. The zero-order valence-electron chi connectivity index (χ0n) is 8.40. The van der Waals surface area contributed by atoms with Gasteiger partial charge in [-0.2, -0.15) is 0 Å². The number of phenols is 1. The molecule has 0 heterocycles. The Labute approximate surface area is 84.2 Å². The first-order valence-corrected chi connectivity index (χ1v) is 4.91. The smallest absolute Gasteiger partial charge is 0.138 e. The number of rotatable bonds is 4. The maximum atomic E-state index is 9.73. The Balaban J connectivity index is 2.70. The first-order chi connectivity index (χ1) is 6.65. The summed E-state index contributed by atoms with van der Waals surface area (Å²) < 4.78 is 0. The van der Waals surface area contributed by atoms with E-state index in [-0.39, 0.29) is 5.75 Å². The first-order valence-electron chi connectivity index (χ1n) is 4.91. The van der Waals surface area contributed by atoms with Crippen LogP contribution in [0, 0.1) is 0 Å². The Morgan fingerprint density at radius 1 is 1.43 bits per heavy atom. The lowest BCUT2D eigenvalue weighted by atomic mass is 10.0. The summed E-state index contributed by atoms with van der Waals surface area (Å²) in [6, 6.07) is 4.83. The van der Waals surface area contributed by atoms with E-state index in [1.54, 1.807) is 12.1 Å². The summed E-state index contributed by atoms with van der Waals surface area (Å²) in [6.07, 6.45) is 2.31. The van der Waals surface area contributed by atoms with E-state index in [0.29, 0.717) is 5.69 Å². The standard InChI is InChI=1S/C11H17NO2/c1-2-3-4-10(13)8-5-6-11(14)9(12)7-8/h5-7,10,13-14H,2-4,12H2,1H3. The van der Waals surface area contributed by atoms with Gasteiger partial charge in [-0.15, -0.1) is 0 Å². The Morgan fingerprint density at radius 2 is 2.14 bits per heavy atom. The van der Waals surface area contributed by atoms with Crippen LogP contribution in [0.1, 0.15) is 37.9 Å². The molecule has 0 saturated heterocycles. The number of anilines is 1. The number of phenolic OH excluding ortho intramolecular Hbond substituents is 1. The van der Waals surface area contributed by atoms with Crippen LogP contribution in [0.15, 0.2) is 18.2 Å². The fourth-order valence-electron chi connectivity index (χ4n) is 1.34. The van der Waals surface area contributed by atoms with Gasteiger partial charge in [-0.25, -0.2) is 0 Å². The van der Waals surface area contributed by atoms with E-state index in [2.05, 4.69) is 6.92 Å². The molecular weight excluding hydrogens is 178 g/mol. The minimum Gasteiger partial charge on any atom is -0.506 e. The summed E-state index contributed by atoms with van der Waals surface area (Å²) in [5.41, 5.74) is 6.62. The lowest BCUT2D eigenvalue weighted by molar-refractivity contribution is 0.164. The third kappa shape index (κ3) is 2.64. The van der Waals surface area contributed by atoms with E-state index in [4.69, 9.17) is 5.73 Å². The molecule has 3 nitrogen and oxygen atoms in total. The van der Waals surface area contributed by atoms with E-state index >= 15 is 0 Å². The number of nitrogen functional groups attached to an aromatic ring is 1. The third-order valence-electron chi connectivity index (χ3n) is 2.27. The van der Waals surface area contributed by atoms with E-state index < -0.39 is 6.10 Å². The minimum absolute atomic E-state index is 0.0661. The van der Waals surface area contributed by atoms with Gasteiger partial charge in [0, 0.05) is 0 Å². The molecule has 1 rings (SSSR count). The van der Waals surface area contributed by atoms with Gasteiger partial charge in [0.05, 0.1) is 11.8 Å². The van der Waals surface area contributed by atoms with Crippen molar-refractivity contribution in [3.8, 4) is 5.75 Å². The molecule has 1 aromatic rings. The summed E-state index contributed by atoms with van der Waals surface area (Å²) in [5.74, 6) is 0.0661. The number of benzene rings is 1. The predicted octanol–water partition coefficient (Wildman–Crippen LogP) is 2.20. The monoisotopic (exact) mass is 195 g/mol. The van der Waals surface area contributed by atoms with Gasteiger partial charge in [-0.05, 0) is 24.1 Å². The maximum Gasteiger partial charge on any atom is 0.138 e. The van der Waals surface area contributed by atoms with Crippen LogP contribution >= 0.6 is 0 Å². The number of aromatic hydroxyl groups is 1. The summed E-state index contributed by atoms with van der Waals surface area (Å²) >= 11 is 0. The van der Waals surface area contributed by atoms with Crippen molar-refractivity contribution in [2.75, 3.05) is 5.73 Å². The molecule has 14 heavy (non-hydrogen) atoms. The van der Waals surface area contributed by atoms with Gasteiger partial charge < -0.3 is 15.9 Å². The van der Waals surface area contributed by atoms with Gasteiger partial charge in [0.15, 0.2) is 0 Å². The van der Waals surface area contributed by atoms with Crippen molar-refractivity contribution < 1.29 is 10.2 Å². The highest BCUT2D eigenvalue weighted by molar-refractivity contribution is 5.53. The molecule has 0 amide bonds. The number of aliphatic hydroxyl groups excluding tert-OH is 1. The average molecular weight is 195 g/mol. The van der Waals surface area contributed by atoms with Crippen molar-refractivity contribution in [1.82, 2.24) is 0 Å². The van der Waals surface area contributed by atoms with E-state index in [9.17, 15) is 10.2 Å². The van der Waals surface area contributed by atoms with Crippen molar-refractivity contribution in [3.05, 3.63) is 23.8 Å². The Kier molecular flexibility index (Phi) is 3.77. The molecule has 0 bridgehead atoms. The molecule has 0 aliphatic carbocycles. The molecule has 1 aromatic carbocycles. The van der Waals surface area contributed by atoms with Gasteiger partial charge in [0.25, 0.3) is 0 Å². The molecule has 0 aliphatic heterocycles. The SMILES string of the molecule is CCCCC(O)c1ccc(O)c(N)c1. The van der Waals surface area contributed by atoms with Crippen LogP contribution in [-0.2, 0) is 0 Å². The second kappa shape index (κ2) is 4.86. The highest BCUT2D eigenvalue weighted by atomic mass is 16.3. The van der Waals surface area contributed by atoms with Crippen LogP contribution in [0.3, 0.4) is 0 Å². The number of aliphatic hydroxyl groups is 1. The quantitative estimate of drug-likeness (QED) is 0.509. The van der Waals surface area contributed by atoms with Crippen LogP contribution in [0.25, 0.3) is 0 Å². The normalized spacial score (nSPS) is 12.7. The first kappa shape index (κ1) is 10.9. The maximum absolute atomic E-state index is 9.73. The van der Waals surface area contributed by atoms with Crippen molar-refractivity contribution in [3.63, 3.8) is 0 Å². The third-order valence-corrected chi connectivity index (χ3v) is 2.27. The van der Waals surface area contributed by atoms with Gasteiger partial charge in [-0.1, -0.05) is 25.8 Å². The highest BCUT2D eigenvalue weighted by Crippen LogP contribution is 2.26. The number of hydrogen-bond donors (Lipinski definition) is 3. The molecule has 0 aromatic heterocycles. The Bertz CT molecular complexity index is 299. The fraction of sp³-hybridized carbons (Fsp3) is 0.455. The largest absolute Gasteiger partial charge is 0.506 e.